The molecule has 0 aliphatic carbocycles. The molecule has 31 nitrogen and oxygen atoms in total. The van der Waals surface area contributed by atoms with Crippen LogP contribution in [0.1, 0.15) is 49.9 Å². The number of aromatic amines is 2. The second-order valence-electron chi connectivity index (χ2n) is 18.8. The molecule has 11 amide bonds. The van der Waals surface area contributed by atoms with Crippen LogP contribution in [0.15, 0.2) is 73.3 Å². The minimum atomic E-state index is -2.02. The zero-order chi connectivity index (χ0) is 59.9. The highest BCUT2D eigenvalue weighted by Crippen LogP contribution is 2.19. The number of para-hydroxylation sites is 1. The zero-order valence-corrected chi connectivity index (χ0v) is 43.8. The van der Waals surface area contributed by atoms with Crippen molar-refractivity contribution in [1.29, 1.82) is 0 Å². The first kappa shape index (κ1) is 63.8. The van der Waals surface area contributed by atoms with E-state index in [1.807, 2.05) is 34.9 Å². The largest absolute Gasteiger partial charge is 0.481 e. The first-order valence-electron chi connectivity index (χ1n) is 24.9. The number of aliphatic hydroxyl groups is 1. The topological polar surface area (TPSA) is 513 Å². The zero-order valence-electron chi connectivity index (χ0n) is 43.8. The lowest BCUT2D eigenvalue weighted by Gasteiger charge is -2.26. The number of hydrogen-bond acceptors (Lipinski definition) is 16. The number of nitrogens with two attached hydrogens (primary N) is 3. The Balaban J connectivity index is 1.42. The van der Waals surface area contributed by atoms with Crippen LogP contribution in [0.2, 0.25) is 0 Å². The van der Waals surface area contributed by atoms with Gasteiger partial charge in [0, 0.05) is 41.8 Å². The number of H-pyrrole nitrogens is 2. The molecule has 2 aromatic heterocycles. The Morgan fingerprint density at radius 2 is 1.07 bits per heavy atom. The lowest BCUT2D eigenvalue weighted by atomic mass is 10.0. The number of primary amides is 2. The van der Waals surface area contributed by atoms with Crippen LogP contribution in [0.5, 0.6) is 0 Å². The summed E-state index contributed by atoms with van der Waals surface area (Å²) in [5, 5.41) is 50.2. The Morgan fingerprint density at radius 3 is 1.65 bits per heavy atom. The lowest BCUT2D eigenvalue weighted by Crippen LogP contribution is -2.61. The summed E-state index contributed by atoms with van der Waals surface area (Å²) in [6, 6.07) is 2.92. The van der Waals surface area contributed by atoms with E-state index in [2.05, 4.69) is 52.2 Å². The van der Waals surface area contributed by atoms with Crippen LogP contribution in [0.25, 0.3) is 10.9 Å². The second-order valence-corrected chi connectivity index (χ2v) is 18.8. The number of aliphatic hydroxyl groups excluding tert-OH is 1. The highest BCUT2D eigenvalue weighted by atomic mass is 16.4. The van der Waals surface area contributed by atoms with Crippen molar-refractivity contribution >= 4 is 87.8 Å². The van der Waals surface area contributed by atoms with Crippen molar-refractivity contribution in [1.82, 2.24) is 62.8 Å². The van der Waals surface area contributed by atoms with Gasteiger partial charge >= 0.3 is 11.9 Å². The number of aromatic nitrogens is 3. The molecule has 8 atom stereocenters. The fourth-order valence-electron chi connectivity index (χ4n) is 7.83. The Morgan fingerprint density at radius 1 is 0.556 bits per heavy atom. The molecule has 20 N–H and O–H groups in total. The van der Waals surface area contributed by atoms with Gasteiger partial charge in [-0.15, -0.1) is 0 Å². The van der Waals surface area contributed by atoms with Crippen molar-refractivity contribution in [3.8, 4) is 0 Å². The molecule has 2 heterocycles. The van der Waals surface area contributed by atoms with Gasteiger partial charge in [0.1, 0.15) is 42.3 Å². The number of carboxylic acids is 2. The van der Waals surface area contributed by atoms with Gasteiger partial charge in [0.15, 0.2) is 0 Å². The van der Waals surface area contributed by atoms with E-state index in [0.717, 1.165) is 16.5 Å². The molecule has 0 bridgehead atoms. The third-order valence-electron chi connectivity index (χ3n) is 12.0. The minimum absolute atomic E-state index is 0.0720. The summed E-state index contributed by atoms with van der Waals surface area (Å²) in [5.74, 6) is -15.8. The van der Waals surface area contributed by atoms with Crippen LogP contribution in [-0.2, 0) is 81.6 Å². The predicted molar refractivity (Wildman–Crippen MR) is 281 cm³/mol. The number of carbonyl (C=O) groups excluding carboxylic acids is 11. The summed E-state index contributed by atoms with van der Waals surface area (Å²) in [7, 11) is 0. The van der Waals surface area contributed by atoms with Crippen molar-refractivity contribution in [3.05, 3.63) is 90.1 Å². The van der Waals surface area contributed by atoms with Crippen LogP contribution < -0.4 is 65.1 Å². The highest BCUT2D eigenvalue weighted by molar-refractivity contribution is 6.00. The van der Waals surface area contributed by atoms with E-state index in [-0.39, 0.29) is 19.3 Å². The fourth-order valence-corrected chi connectivity index (χ4v) is 7.83. The van der Waals surface area contributed by atoms with E-state index in [1.165, 1.54) is 26.4 Å². The molecule has 2 aromatic carbocycles. The number of nitrogens with zero attached hydrogens (tertiary/aromatic N) is 1. The van der Waals surface area contributed by atoms with Crippen molar-refractivity contribution in [2.75, 3.05) is 19.7 Å². The molecule has 0 aliphatic heterocycles. The summed E-state index contributed by atoms with van der Waals surface area (Å²) in [6.07, 6.45) is 1.17. The van der Waals surface area contributed by atoms with E-state index in [9.17, 15) is 77.6 Å². The van der Waals surface area contributed by atoms with Gasteiger partial charge in [0.05, 0.1) is 51.3 Å². The molecular formula is C50H65N15O16. The maximum Gasteiger partial charge on any atom is 0.326 e. The van der Waals surface area contributed by atoms with Crippen LogP contribution in [0.4, 0.5) is 0 Å². The average Bonchev–Trinajstić information content (AvgIpc) is 4.14. The normalized spacial score (nSPS) is 13.9. The van der Waals surface area contributed by atoms with Crippen molar-refractivity contribution in [3.63, 3.8) is 0 Å². The van der Waals surface area contributed by atoms with Crippen molar-refractivity contribution < 1.29 is 77.6 Å². The molecule has 0 spiro atoms. The van der Waals surface area contributed by atoms with Gasteiger partial charge in [-0.3, -0.25) is 57.5 Å². The quantitative estimate of drug-likeness (QED) is 0.0211. The van der Waals surface area contributed by atoms with Crippen LogP contribution in [0.3, 0.4) is 0 Å². The Kier molecular flexibility index (Phi) is 24.4. The van der Waals surface area contributed by atoms with Crippen LogP contribution in [-0.4, -0.2) is 175 Å². The number of benzene rings is 2. The number of nitrogens with one attached hydrogen (secondary N) is 11. The van der Waals surface area contributed by atoms with Crippen LogP contribution >= 0.6 is 0 Å². The molecule has 0 aliphatic rings. The first-order valence-corrected chi connectivity index (χ1v) is 24.9. The van der Waals surface area contributed by atoms with Gasteiger partial charge < -0.3 is 90.3 Å². The molecule has 0 saturated carbocycles. The highest BCUT2D eigenvalue weighted by Gasteiger charge is 2.35. The number of fused-ring (bicyclic) bond motifs is 1. The maximum absolute atomic E-state index is 14.2. The SMILES string of the molecule is CC(C)[C@H](NC(=O)[C@H](CC(N)=O)NC(=O)CNC(=O)CNC(=O)[C@H](CC(=O)O)NC(=O)[C@H](CC(N)=O)NC(=O)[C@H](CO)NC(=O)[C@H](Cc1cnc[nH]1)NC(=O)[C@H](Cc1ccccc1)NC(=O)[C@@H](N)Cc1c[nH]c2ccccc12)C(=O)O. The maximum atomic E-state index is 14.2. The summed E-state index contributed by atoms with van der Waals surface area (Å²) in [4.78, 5) is 177. The van der Waals surface area contributed by atoms with Crippen LogP contribution in [0, 0.1) is 5.92 Å². The molecule has 4 aromatic rings. The molecule has 436 valence electrons. The van der Waals surface area contributed by atoms with Gasteiger partial charge in [-0.1, -0.05) is 62.4 Å². The number of rotatable bonds is 33. The molecule has 81 heavy (non-hydrogen) atoms. The van der Waals surface area contributed by atoms with Gasteiger partial charge in [0.25, 0.3) is 0 Å². The van der Waals surface area contributed by atoms with E-state index >= 15 is 0 Å². The van der Waals surface area contributed by atoms with E-state index in [4.69, 9.17) is 17.2 Å². The number of carboxylic acid groups (broad SMARTS) is 2. The van der Waals surface area contributed by atoms with Gasteiger partial charge in [-0.2, -0.15) is 0 Å². The Hall–Kier alpha value is -9.78. The molecule has 0 fully saturated rings. The fraction of sp³-hybridized carbons (Fsp3) is 0.400. The van der Waals surface area contributed by atoms with Crippen molar-refractivity contribution in [2.24, 2.45) is 23.1 Å². The van der Waals surface area contributed by atoms with Gasteiger partial charge in [0.2, 0.25) is 65.0 Å². The van der Waals surface area contributed by atoms with Gasteiger partial charge in [-0.25, -0.2) is 9.78 Å². The second kappa shape index (κ2) is 31.0. The predicted octanol–water partition coefficient (Wildman–Crippen LogP) is -6.17. The summed E-state index contributed by atoms with van der Waals surface area (Å²) < 4.78 is 0. The number of hydrogen-bond donors (Lipinski definition) is 17. The molecule has 31 heteroatoms. The number of aliphatic carboxylic acids is 2. The summed E-state index contributed by atoms with van der Waals surface area (Å²) in [6.45, 7) is -0.00950. The molecule has 0 saturated heterocycles. The summed E-state index contributed by atoms with van der Waals surface area (Å²) in [5.41, 5.74) is 19.4. The average molecular weight is 1130 g/mol. The standard InChI is InChI=1S/C50H65N15O16/c1-24(2)42(50(80)81)65-48(78)33(15-37(52)67)59-40(70)21-56-39(69)20-57-44(74)35(17-41(71)72)63-47(77)34(16-38(53)68)62-49(79)36(22-66)64-46(76)32(14-27-19-54-23-58-27)61-45(75)31(12-25-8-4-3-5-9-25)60-43(73)29(51)13-26-18-55-30-11-7-6-10-28(26)30/h3-11,18-19,23-24,29,31-36,42,55,66H,12-17,20-22,51H2,1-2H3,(H2,52,67)(H2,53,68)(H,54,58)(H,56,69)(H,57,74)(H,59,70)(H,60,73)(H,61,75)(H,62,79)(H,63,77)(H,64,76)(H,65,78)(H,71,72)(H,80,81)/t29-,31-,32-,33-,34-,35-,36-,42-/m0/s1. The smallest absolute Gasteiger partial charge is 0.326 e. The Labute approximate surface area is 460 Å². The third kappa shape index (κ3) is 20.8. The Bertz CT molecular complexity index is 2920. The minimum Gasteiger partial charge on any atom is -0.481 e. The van der Waals surface area contributed by atoms with Crippen molar-refractivity contribution in [2.45, 2.75) is 101 Å². The monoisotopic (exact) mass is 1130 g/mol. The number of amides is 11. The molecule has 0 unspecified atom stereocenters. The van der Waals surface area contributed by atoms with E-state index in [0.29, 0.717) is 11.3 Å². The summed E-state index contributed by atoms with van der Waals surface area (Å²) >= 11 is 0. The van der Waals surface area contributed by atoms with E-state index < -0.39 is 170 Å². The third-order valence-corrected chi connectivity index (χ3v) is 12.0. The first-order chi connectivity index (χ1) is 38.3. The number of carbonyl (C=O) groups is 13. The molecular weight excluding hydrogens is 1070 g/mol. The molecule has 4 rings (SSSR count). The number of imidazole rings is 1. The lowest BCUT2D eigenvalue weighted by molar-refractivity contribution is -0.143. The molecule has 0 radical (unpaired) electrons. The van der Waals surface area contributed by atoms with Gasteiger partial charge in [-0.05, 0) is 29.5 Å². The van der Waals surface area contributed by atoms with E-state index in [1.54, 1.807) is 36.5 Å².